The van der Waals surface area contributed by atoms with E-state index in [1.54, 1.807) is 19.1 Å². The molecule has 0 spiro atoms. The summed E-state index contributed by atoms with van der Waals surface area (Å²) in [5.41, 5.74) is 0.733. The van der Waals surface area contributed by atoms with Crippen molar-refractivity contribution < 1.29 is 13.5 Å². The van der Waals surface area contributed by atoms with Gasteiger partial charge in [0.25, 0.3) is 0 Å². The van der Waals surface area contributed by atoms with Gasteiger partial charge in [0.05, 0.1) is 6.61 Å². The van der Waals surface area contributed by atoms with Crippen LogP contribution in [0.4, 0.5) is 0 Å². The molecule has 4 heteroatoms. The molecule has 0 amide bonds. The normalized spacial score (nSPS) is 12.5. The molecule has 1 aromatic carbocycles. The minimum atomic E-state index is -2.18. The standard InChI is InChI=1S/C9H12O3S/c1-3-12-8-5-4-7(2)9(6-8)13(10)11/h4-6H,3H2,1-2H3,(H,10,11)/p-1. The molecule has 0 saturated carbocycles. The van der Waals surface area contributed by atoms with Crippen LogP contribution in [0, 0.1) is 6.92 Å². The first-order valence-electron chi connectivity index (χ1n) is 3.98. The number of ether oxygens (including phenoxy) is 1. The van der Waals surface area contributed by atoms with Crippen LogP contribution in [-0.2, 0) is 11.1 Å². The van der Waals surface area contributed by atoms with E-state index >= 15 is 0 Å². The lowest BCUT2D eigenvalue weighted by Crippen LogP contribution is -1.96. The van der Waals surface area contributed by atoms with Crippen molar-refractivity contribution in [2.75, 3.05) is 6.61 Å². The Morgan fingerprint density at radius 2 is 2.23 bits per heavy atom. The maximum atomic E-state index is 10.7. The molecule has 0 N–H and O–H groups in total. The van der Waals surface area contributed by atoms with Crippen LogP contribution in [0.5, 0.6) is 5.75 Å². The molecular weight excluding hydrogens is 188 g/mol. The van der Waals surface area contributed by atoms with Gasteiger partial charge in [-0.05, 0) is 42.6 Å². The van der Waals surface area contributed by atoms with E-state index in [2.05, 4.69) is 0 Å². The summed E-state index contributed by atoms with van der Waals surface area (Å²) >= 11 is -2.18. The first kappa shape index (κ1) is 10.2. The molecule has 72 valence electrons. The molecule has 0 aliphatic rings. The summed E-state index contributed by atoms with van der Waals surface area (Å²) in [4.78, 5) is 0.297. The third kappa shape index (κ3) is 2.54. The highest BCUT2D eigenvalue weighted by atomic mass is 32.2. The van der Waals surface area contributed by atoms with E-state index in [-0.39, 0.29) is 0 Å². The molecule has 3 nitrogen and oxygen atoms in total. The molecule has 0 saturated heterocycles. The van der Waals surface area contributed by atoms with Crippen LogP contribution in [0.2, 0.25) is 0 Å². The summed E-state index contributed by atoms with van der Waals surface area (Å²) in [6.07, 6.45) is 0. The molecule has 0 heterocycles. The quantitative estimate of drug-likeness (QED) is 0.695. The molecular formula is C9H11O3S-. The van der Waals surface area contributed by atoms with Gasteiger partial charge in [-0.2, -0.15) is 0 Å². The van der Waals surface area contributed by atoms with E-state index in [0.29, 0.717) is 17.3 Å². The molecule has 0 fully saturated rings. The van der Waals surface area contributed by atoms with Crippen LogP contribution in [0.25, 0.3) is 0 Å². The Kier molecular flexibility index (Phi) is 3.45. The predicted octanol–water partition coefficient (Wildman–Crippen LogP) is 1.63. The van der Waals surface area contributed by atoms with Crippen molar-refractivity contribution in [3.05, 3.63) is 23.8 Å². The first-order valence-corrected chi connectivity index (χ1v) is 5.05. The average Bonchev–Trinajstić information content (AvgIpc) is 2.08. The van der Waals surface area contributed by atoms with Crippen LogP contribution >= 0.6 is 0 Å². The van der Waals surface area contributed by atoms with Gasteiger partial charge in [-0.1, -0.05) is 6.07 Å². The van der Waals surface area contributed by atoms with Gasteiger partial charge in [-0.3, -0.25) is 4.21 Å². The lowest BCUT2D eigenvalue weighted by Gasteiger charge is -2.11. The summed E-state index contributed by atoms with van der Waals surface area (Å²) < 4.78 is 26.6. The monoisotopic (exact) mass is 199 g/mol. The second-order valence-corrected chi connectivity index (χ2v) is 3.50. The third-order valence-corrected chi connectivity index (χ3v) is 2.45. The number of aryl methyl sites for hydroxylation is 1. The molecule has 0 aromatic heterocycles. The van der Waals surface area contributed by atoms with Gasteiger partial charge in [-0.25, -0.2) is 0 Å². The molecule has 0 radical (unpaired) electrons. The van der Waals surface area contributed by atoms with Gasteiger partial charge in [0.1, 0.15) is 5.75 Å². The smallest absolute Gasteiger partial charge is 0.120 e. The van der Waals surface area contributed by atoms with Gasteiger partial charge in [0.15, 0.2) is 0 Å². The lowest BCUT2D eigenvalue weighted by atomic mass is 10.2. The summed E-state index contributed by atoms with van der Waals surface area (Å²) in [6.45, 7) is 4.14. The molecule has 0 bridgehead atoms. The Morgan fingerprint density at radius 1 is 1.54 bits per heavy atom. The topological polar surface area (TPSA) is 49.4 Å². The van der Waals surface area contributed by atoms with Crippen LogP contribution < -0.4 is 4.74 Å². The molecule has 1 unspecified atom stereocenters. The molecule has 0 aliphatic heterocycles. The van der Waals surface area contributed by atoms with Crippen molar-refractivity contribution >= 4 is 11.1 Å². The summed E-state index contributed by atoms with van der Waals surface area (Å²) in [6, 6.07) is 5.02. The molecule has 1 aromatic rings. The van der Waals surface area contributed by atoms with Crippen molar-refractivity contribution in [1.82, 2.24) is 0 Å². The first-order chi connectivity index (χ1) is 6.15. The highest BCUT2D eigenvalue weighted by Crippen LogP contribution is 2.19. The Balaban J connectivity index is 3.04. The molecule has 13 heavy (non-hydrogen) atoms. The minimum Gasteiger partial charge on any atom is -0.768 e. The van der Waals surface area contributed by atoms with Gasteiger partial charge in [0, 0.05) is 4.90 Å². The third-order valence-electron chi connectivity index (χ3n) is 1.65. The van der Waals surface area contributed by atoms with Gasteiger partial charge >= 0.3 is 0 Å². The van der Waals surface area contributed by atoms with Crippen molar-refractivity contribution in [2.24, 2.45) is 0 Å². The SMILES string of the molecule is CCOc1ccc(C)c(S(=O)[O-])c1. The lowest BCUT2D eigenvalue weighted by molar-refractivity contribution is 0.339. The molecule has 0 aliphatic carbocycles. The highest BCUT2D eigenvalue weighted by molar-refractivity contribution is 7.79. The Bertz CT molecular complexity index is 323. The number of hydrogen-bond donors (Lipinski definition) is 0. The molecule has 1 atom stereocenters. The van der Waals surface area contributed by atoms with Crippen LogP contribution in [0.15, 0.2) is 23.1 Å². The Labute approximate surface area is 80.0 Å². The second-order valence-electron chi connectivity index (χ2n) is 2.60. The summed E-state index contributed by atoms with van der Waals surface area (Å²) in [5, 5.41) is 0. The van der Waals surface area contributed by atoms with Crippen molar-refractivity contribution in [3.8, 4) is 5.75 Å². The largest absolute Gasteiger partial charge is 0.768 e. The zero-order chi connectivity index (χ0) is 9.84. The van der Waals surface area contributed by atoms with Crippen molar-refractivity contribution in [3.63, 3.8) is 0 Å². The van der Waals surface area contributed by atoms with Crippen LogP contribution in [-0.4, -0.2) is 15.4 Å². The number of hydrogen-bond acceptors (Lipinski definition) is 3. The van der Waals surface area contributed by atoms with Crippen LogP contribution in [0.3, 0.4) is 0 Å². The van der Waals surface area contributed by atoms with Gasteiger partial charge in [-0.15, -0.1) is 0 Å². The van der Waals surface area contributed by atoms with E-state index in [9.17, 15) is 8.76 Å². The number of rotatable bonds is 3. The summed E-state index contributed by atoms with van der Waals surface area (Å²) in [5.74, 6) is 0.590. The fraction of sp³-hybridized carbons (Fsp3) is 0.333. The zero-order valence-corrected chi connectivity index (χ0v) is 8.39. The maximum Gasteiger partial charge on any atom is 0.120 e. The highest BCUT2D eigenvalue weighted by Gasteiger charge is 2.00. The predicted molar refractivity (Wildman–Crippen MR) is 49.5 cm³/mol. The summed E-state index contributed by atoms with van der Waals surface area (Å²) in [7, 11) is 0. The number of benzene rings is 1. The van der Waals surface area contributed by atoms with E-state index in [0.717, 1.165) is 5.56 Å². The zero-order valence-electron chi connectivity index (χ0n) is 7.57. The second kappa shape index (κ2) is 4.39. The van der Waals surface area contributed by atoms with Crippen LogP contribution in [0.1, 0.15) is 12.5 Å². The average molecular weight is 199 g/mol. The van der Waals surface area contributed by atoms with Crippen molar-refractivity contribution in [1.29, 1.82) is 0 Å². The Hall–Kier alpha value is -0.870. The Morgan fingerprint density at radius 3 is 2.77 bits per heavy atom. The maximum absolute atomic E-state index is 10.7. The fourth-order valence-corrected chi connectivity index (χ4v) is 1.56. The van der Waals surface area contributed by atoms with E-state index in [1.807, 2.05) is 6.92 Å². The van der Waals surface area contributed by atoms with Crippen molar-refractivity contribution in [2.45, 2.75) is 18.7 Å². The van der Waals surface area contributed by atoms with E-state index in [1.165, 1.54) is 6.07 Å². The van der Waals surface area contributed by atoms with Gasteiger partial charge < -0.3 is 9.29 Å². The fourth-order valence-electron chi connectivity index (χ4n) is 1.02. The minimum absolute atomic E-state index is 0.297. The van der Waals surface area contributed by atoms with E-state index < -0.39 is 11.1 Å². The van der Waals surface area contributed by atoms with E-state index in [4.69, 9.17) is 4.74 Å². The van der Waals surface area contributed by atoms with Gasteiger partial charge in [0.2, 0.25) is 0 Å². The molecule has 1 rings (SSSR count).